The molecular formula is C12H14N4. The lowest BCUT2D eigenvalue weighted by atomic mass is 10.3. The van der Waals surface area contributed by atoms with Crippen molar-refractivity contribution in [3.05, 3.63) is 41.7 Å². The lowest BCUT2D eigenvalue weighted by molar-refractivity contribution is 0.382. The van der Waals surface area contributed by atoms with E-state index in [1.165, 1.54) is 0 Å². The van der Waals surface area contributed by atoms with Crippen LogP contribution in [0.15, 0.2) is 41.7 Å². The van der Waals surface area contributed by atoms with Gasteiger partial charge in [0.1, 0.15) is 6.07 Å². The molecule has 0 aromatic heterocycles. The van der Waals surface area contributed by atoms with Crippen molar-refractivity contribution in [1.82, 2.24) is 10.4 Å². The number of allylic oxidation sites excluding steroid dienone is 2. The van der Waals surface area contributed by atoms with Crippen molar-refractivity contribution in [3.63, 3.8) is 0 Å². The average Bonchev–Trinajstić information content (AvgIpc) is 2.66. The van der Waals surface area contributed by atoms with Gasteiger partial charge in [0.05, 0.1) is 11.4 Å². The Morgan fingerprint density at radius 3 is 2.50 bits per heavy atom. The largest absolute Gasteiger partial charge is 0.271 e. The molecule has 1 aliphatic heterocycles. The molecule has 4 nitrogen and oxygen atoms in total. The Morgan fingerprint density at radius 2 is 2.00 bits per heavy atom. The molecule has 1 aliphatic rings. The van der Waals surface area contributed by atoms with Gasteiger partial charge in [0.2, 0.25) is 0 Å². The van der Waals surface area contributed by atoms with E-state index < -0.39 is 0 Å². The Morgan fingerprint density at radius 1 is 1.31 bits per heavy atom. The van der Waals surface area contributed by atoms with E-state index in [-0.39, 0.29) is 0 Å². The fraction of sp³-hybridized carbons (Fsp3) is 0.250. The smallest absolute Gasteiger partial charge is 0.155 e. The monoisotopic (exact) mass is 214 g/mol. The van der Waals surface area contributed by atoms with Gasteiger partial charge in [0, 0.05) is 7.05 Å². The number of anilines is 1. The summed E-state index contributed by atoms with van der Waals surface area (Å²) in [6, 6.07) is 12.1. The highest BCUT2D eigenvalue weighted by atomic mass is 15.8. The molecule has 0 atom stereocenters. The highest BCUT2D eigenvalue weighted by molar-refractivity contribution is 5.49. The van der Waals surface area contributed by atoms with Crippen LogP contribution >= 0.6 is 0 Å². The Hall–Kier alpha value is -2.15. The van der Waals surface area contributed by atoms with Crippen molar-refractivity contribution in [3.8, 4) is 6.07 Å². The van der Waals surface area contributed by atoms with Crippen LogP contribution < -0.4 is 10.5 Å². The predicted molar refractivity (Wildman–Crippen MR) is 62.7 cm³/mol. The summed E-state index contributed by atoms with van der Waals surface area (Å²) in [7, 11) is 1.95. The van der Waals surface area contributed by atoms with Gasteiger partial charge >= 0.3 is 0 Å². The molecule has 4 heteroatoms. The number of hydrogen-bond acceptors (Lipinski definition) is 4. The van der Waals surface area contributed by atoms with Gasteiger partial charge in [-0.15, -0.1) is 0 Å². The van der Waals surface area contributed by atoms with Crippen LogP contribution in [0.5, 0.6) is 0 Å². The maximum absolute atomic E-state index is 9.03. The fourth-order valence-electron chi connectivity index (χ4n) is 1.83. The van der Waals surface area contributed by atoms with E-state index >= 15 is 0 Å². The van der Waals surface area contributed by atoms with Crippen molar-refractivity contribution in [2.24, 2.45) is 0 Å². The summed E-state index contributed by atoms with van der Waals surface area (Å²) in [6.45, 7) is 2.04. The molecule has 1 heterocycles. The number of para-hydroxylation sites is 1. The van der Waals surface area contributed by atoms with Crippen LogP contribution in [0.1, 0.15) is 13.3 Å². The van der Waals surface area contributed by atoms with Crippen LogP contribution in [0.4, 0.5) is 5.69 Å². The molecule has 82 valence electrons. The van der Waals surface area contributed by atoms with Crippen LogP contribution in [-0.2, 0) is 0 Å². The first-order valence-corrected chi connectivity index (χ1v) is 5.26. The molecule has 0 spiro atoms. The topological polar surface area (TPSA) is 42.3 Å². The first-order chi connectivity index (χ1) is 7.77. The number of rotatable bonds is 2. The molecule has 16 heavy (non-hydrogen) atoms. The molecular weight excluding hydrogens is 200 g/mol. The highest BCUT2D eigenvalue weighted by Crippen LogP contribution is 2.24. The van der Waals surface area contributed by atoms with Crippen LogP contribution in [-0.4, -0.2) is 12.1 Å². The molecule has 0 bridgehead atoms. The quantitative estimate of drug-likeness (QED) is 0.817. The molecule has 0 radical (unpaired) electrons. The van der Waals surface area contributed by atoms with Crippen LogP contribution in [0, 0.1) is 11.3 Å². The van der Waals surface area contributed by atoms with E-state index in [4.69, 9.17) is 5.26 Å². The van der Waals surface area contributed by atoms with Gasteiger partial charge < -0.3 is 0 Å². The van der Waals surface area contributed by atoms with Gasteiger partial charge in [0.25, 0.3) is 0 Å². The zero-order chi connectivity index (χ0) is 11.5. The summed E-state index contributed by atoms with van der Waals surface area (Å²) in [5.41, 5.74) is 5.73. The van der Waals surface area contributed by atoms with Crippen LogP contribution in [0.2, 0.25) is 0 Å². The summed E-state index contributed by atoms with van der Waals surface area (Å²) in [4.78, 5) is 0. The third-order valence-electron chi connectivity index (χ3n) is 2.64. The third-order valence-corrected chi connectivity index (χ3v) is 2.64. The Bertz CT molecular complexity index is 444. The minimum absolute atomic E-state index is 0.619. The number of benzene rings is 1. The zero-order valence-electron chi connectivity index (χ0n) is 9.44. The minimum Gasteiger partial charge on any atom is -0.271 e. The van der Waals surface area contributed by atoms with Gasteiger partial charge in [-0.25, -0.2) is 0 Å². The fourth-order valence-corrected chi connectivity index (χ4v) is 1.83. The molecule has 2 rings (SSSR count). The average molecular weight is 214 g/mol. The molecule has 0 amide bonds. The van der Waals surface area contributed by atoms with Gasteiger partial charge in [0.15, 0.2) is 5.70 Å². The van der Waals surface area contributed by atoms with E-state index in [0.29, 0.717) is 5.70 Å². The lowest BCUT2D eigenvalue weighted by Crippen LogP contribution is -2.41. The van der Waals surface area contributed by atoms with Crippen molar-refractivity contribution in [1.29, 1.82) is 5.26 Å². The molecule has 1 aromatic carbocycles. The highest BCUT2D eigenvalue weighted by Gasteiger charge is 2.25. The van der Waals surface area contributed by atoms with Gasteiger partial charge in [-0.1, -0.05) is 25.1 Å². The molecule has 0 saturated carbocycles. The zero-order valence-corrected chi connectivity index (χ0v) is 9.44. The maximum Gasteiger partial charge on any atom is 0.155 e. The minimum atomic E-state index is 0.619. The molecule has 1 aromatic rings. The van der Waals surface area contributed by atoms with E-state index in [0.717, 1.165) is 17.8 Å². The number of nitrogens with one attached hydrogen (secondary N) is 1. The van der Waals surface area contributed by atoms with Gasteiger partial charge in [-0.3, -0.25) is 10.4 Å². The molecule has 0 saturated heterocycles. The first-order valence-electron chi connectivity index (χ1n) is 5.26. The molecule has 1 N–H and O–H groups in total. The Balaban J connectivity index is 2.29. The van der Waals surface area contributed by atoms with Crippen molar-refractivity contribution < 1.29 is 0 Å². The summed E-state index contributed by atoms with van der Waals surface area (Å²) in [5.74, 6) is 0. The Labute approximate surface area is 95.3 Å². The lowest BCUT2D eigenvalue weighted by Gasteiger charge is -2.28. The van der Waals surface area contributed by atoms with Crippen molar-refractivity contribution in [2.75, 3.05) is 12.2 Å². The Kier molecular flexibility index (Phi) is 2.69. The van der Waals surface area contributed by atoms with Crippen molar-refractivity contribution in [2.45, 2.75) is 13.3 Å². The third kappa shape index (κ3) is 1.57. The van der Waals surface area contributed by atoms with E-state index in [9.17, 15) is 0 Å². The van der Waals surface area contributed by atoms with Crippen molar-refractivity contribution >= 4 is 5.69 Å². The van der Waals surface area contributed by atoms with E-state index in [1.54, 1.807) is 0 Å². The summed E-state index contributed by atoms with van der Waals surface area (Å²) >= 11 is 0. The molecule has 0 aliphatic carbocycles. The predicted octanol–water partition coefficient (Wildman–Crippen LogP) is 2.00. The number of nitrogens with zero attached hydrogens (tertiary/aromatic N) is 3. The van der Waals surface area contributed by atoms with Gasteiger partial charge in [-0.2, -0.15) is 10.4 Å². The number of hydrazine groups is 2. The standard InChI is InChI=1S/C12H14N4/c1-3-12-11(9-13)14-16(15(12)2)10-7-5-4-6-8-10/h4-8,14H,3H2,1-2H3. The SMILES string of the molecule is CCC1=C(C#N)NN(c2ccccc2)N1C. The second-order valence-corrected chi connectivity index (χ2v) is 3.57. The van der Waals surface area contributed by atoms with Gasteiger partial charge in [-0.05, 0) is 18.6 Å². The van der Waals surface area contributed by atoms with E-state index in [1.807, 2.05) is 54.4 Å². The summed E-state index contributed by atoms with van der Waals surface area (Å²) in [6.07, 6.45) is 0.829. The second kappa shape index (κ2) is 4.15. The summed E-state index contributed by atoms with van der Waals surface area (Å²) < 4.78 is 0. The first kappa shape index (κ1) is 10.4. The number of nitriles is 1. The van der Waals surface area contributed by atoms with Crippen LogP contribution in [0.25, 0.3) is 0 Å². The maximum atomic E-state index is 9.03. The van der Waals surface area contributed by atoms with E-state index in [2.05, 4.69) is 11.5 Å². The second-order valence-electron chi connectivity index (χ2n) is 3.57. The normalized spacial score (nSPS) is 15.1. The summed E-state index contributed by atoms with van der Waals surface area (Å²) in [5, 5.41) is 12.9. The number of hydrogen-bond donors (Lipinski definition) is 1. The molecule has 0 fully saturated rings. The van der Waals surface area contributed by atoms with Crippen LogP contribution in [0.3, 0.4) is 0 Å². The molecule has 0 unspecified atom stereocenters.